The van der Waals surface area contributed by atoms with E-state index in [1.165, 1.54) is 34.8 Å². The van der Waals surface area contributed by atoms with Crippen LogP contribution >= 0.6 is 0 Å². The van der Waals surface area contributed by atoms with Crippen LogP contribution in [0.25, 0.3) is 11.0 Å². The van der Waals surface area contributed by atoms with Gasteiger partial charge in [0, 0.05) is 13.1 Å². The molecule has 5 nitrogen and oxygen atoms in total. The number of hydrogen-bond donors (Lipinski definition) is 0. The van der Waals surface area contributed by atoms with Crippen LogP contribution < -0.4 is 5.43 Å². The largest absolute Gasteiger partial charge is 0.464 e. The molecule has 1 heterocycles. The summed E-state index contributed by atoms with van der Waals surface area (Å²) >= 11 is 0. The molecule has 0 bridgehead atoms. The predicted molar refractivity (Wildman–Crippen MR) is 130 cm³/mol. The first-order chi connectivity index (χ1) is 16.1. The van der Waals surface area contributed by atoms with E-state index in [1.807, 2.05) is 0 Å². The number of hydrogen-bond acceptors (Lipinski definition) is 4. The molecule has 0 unspecified atom stereocenters. The summed E-state index contributed by atoms with van der Waals surface area (Å²) in [7, 11) is -3.98. The molecule has 1 aromatic heterocycles. The van der Waals surface area contributed by atoms with Crippen molar-refractivity contribution in [1.29, 1.82) is 0 Å². The highest BCUT2D eigenvalue weighted by molar-refractivity contribution is 7.89. The lowest BCUT2D eigenvalue weighted by Crippen LogP contribution is -2.32. The van der Waals surface area contributed by atoms with Gasteiger partial charge in [-0.1, -0.05) is 57.2 Å². The predicted octanol–water partition coefficient (Wildman–Crippen LogP) is 5.62. The number of sulfonamides is 1. The molecule has 7 heteroatoms. The van der Waals surface area contributed by atoms with E-state index in [4.69, 9.17) is 4.42 Å². The first-order valence-electron chi connectivity index (χ1n) is 10.9. The Labute approximate surface area is 198 Å². The van der Waals surface area contributed by atoms with Crippen LogP contribution in [0.4, 0.5) is 4.39 Å². The van der Waals surface area contributed by atoms with Crippen molar-refractivity contribution in [1.82, 2.24) is 4.31 Å². The van der Waals surface area contributed by atoms with Crippen molar-refractivity contribution >= 4 is 21.0 Å². The quantitative estimate of drug-likeness (QED) is 0.360. The Morgan fingerprint density at radius 1 is 0.882 bits per heavy atom. The summed E-state index contributed by atoms with van der Waals surface area (Å²) in [6.07, 6.45) is 1.31. The minimum atomic E-state index is -3.98. The lowest BCUT2D eigenvalue weighted by atomic mass is 9.87. The lowest BCUT2D eigenvalue weighted by Gasteiger charge is -2.23. The maximum Gasteiger partial charge on any atom is 0.243 e. The monoisotopic (exact) mass is 479 g/mol. The van der Waals surface area contributed by atoms with Crippen molar-refractivity contribution in [2.75, 3.05) is 0 Å². The van der Waals surface area contributed by atoms with E-state index < -0.39 is 15.8 Å². The average molecular weight is 480 g/mol. The summed E-state index contributed by atoms with van der Waals surface area (Å²) in [5.41, 5.74) is 1.84. The van der Waals surface area contributed by atoms with Crippen LogP contribution in [0, 0.1) is 5.82 Å². The minimum Gasteiger partial charge on any atom is -0.464 e. The fourth-order valence-electron chi connectivity index (χ4n) is 3.71. The van der Waals surface area contributed by atoms with Crippen LogP contribution in [0.2, 0.25) is 0 Å². The minimum absolute atomic E-state index is 0.0318. The normalized spacial score (nSPS) is 12.4. The third-order valence-corrected chi connectivity index (χ3v) is 7.53. The number of fused-ring (bicyclic) bond motifs is 1. The molecule has 4 rings (SSSR count). The number of rotatable bonds is 6. The highest BCUT2D eigenvalue weighted by Gasteiger charge is 2.27. The summed E-state index contributed by atoms with van der Waals surface area (Å²) in [4.78, 5) is 13.2. The fourth-order valence-corrected chi connectivity index (χ4v) is 5.12. The van der Waals surface area contributed by atoms with Gasteiger partial charge in [0.1, 0.15) is 11.4 Å². The molecule has 0 atom stereocenters. The van der Waals surface area contributed by atoms with Crippen LogP contribution in [-0.4, -0.2) is 12.7 Å². The second-order valence-electron chi connectivity index (χ2n) is 9.26. The van der Waals surface area contributed by atoms with E-state index in [-0.39, 0.29) is 34.4 Å². The Morgan fingerprint density at radius 3 is 2.18 bits per heavy atom. The molecule has 0 N–H and O–H groups in total. The second-order valence-corrected chi connectivity index (χ2v) is 11.2. The molecule has 176 valence electrons. The van der Waals surface area contributed by atoms with Gasteiger partial charge in [0.2, 0.25) is 10.0 Å². The summed E-state index contributed by atoms with van der Waals surface area (Å²) in [5.74, 6) is -0.411. The standard InChI is InChI=1S/C27H26FNO4S/c1-27(2,3)21-10-14-23(15-11-21)34(31,32)29(16-19-8-12-22(28)13-9-19)17-20-18-33-25-7-5-4-6-24(25)26(20)30/h4-15,18H,16-17H2,1-3H3. The van der Waals surface area contributed by atoms with E-state index >= 15 is 0 Å². The number of para-hydroxylation sites is 1. The second kappa shape index (κ2) is 9.16. The van der Waals surface area contributed by atoms with Crippen LogP contribution in [0.15, 0.2) is 93.2 Å². The zero-order valence-electron chi connectivity index (χ0n) is 19.3. The van der Waals surface area contributed by atoms with Crippen molar-refractivity contribution < 1.29 is 17.2 Å². The number of halogens is 1. The lowest BCUT2D eigenvalue weighted by molar-refractivity contribution is 0.395. The molecule has 0 spiro atoms. The molecule has 0 amide bonds. The van der Waals surface area contributed by atoms with Gasteiger partial charge in [-0.2, -0.15) is 4.31 Å². The van der Waals surface area contributed by atoms with Gasteiger partial charge < -0.3 is 4.42 Å². The van der Waals surface area contributed by atoms with Crippen LogP contribution in [0.3, 0.4) is 0 Å². The number of benzene rings is 3. The van der Waals surface area contributed by atoms with E-state index in [9.17, 15) is 17.6 Å². The SMILES string of the molecule is CC(C)(C)c1ccc(S(=O)(=O)N(Cc2ccc(F)cc2)Cc2coc3ccccc3c2=O)cc1. The Hall–Kier alpha value is -3.29. The van der Waals surface area contributed by atoms with Gasteiger partial charge in [0.05, 0.1) is 22.1 Å². The summed E-state index contributed by atoms with van der Waals surface area (Å²) in [6, 6.07) is 19.2. The summed E-state index contributed by atoms with van der Waals surface area (Å²) < 4.78 is 47.6. The number of nitrogens with zero attached hydrogens (tertiary/aromatic N) is 1. The Morgan fingerprint density at radius 2 is 1.53 bits per heavy atom. The third-order valence-electron chi connectivity index (χ3n) is 5.73. The van der Waals surface area contributed by atoms with Gasteiger partial charge >= 0.3 is 0 Å². The topological polar surface area (TPSA) is 67.6 Å². The third kappa shape index (κ3) is 4.95. The zero-order valence-corrected chi connectivity index (χ0v) is 20.1. The Kier molecular flexibility index (Phi) is 6.43. The van der Waals surface area contributed by atoms with Crippen molar-refractivity contribution in [2.24, 2.45) is 0 Å². The average Bonchev–Trinajstić information content (AvgIpc) is 2.81. The zero-order chi connectivity index (χ0) is 24.5. The van der Waals surface area contributed by atoms with Gasteiger partial charge in [0.15, 0.2) is 5.43 Å². The highest BCUT2D eigenvalue weighted by Crippen LogP contribution is 2.26. The van der Waals surface area contributed by atoms with E-state index in [0.29, 0.717) is 16.5 Å². The van der Waals surface area contributed by atoms with Gasteiger partial charge in [-0.15, -0.1) is 0 Å². The molecular formula is C27H26FNO4S. The first-order valence-corrected chi connectivity index (χ1v) is 12.3. The van der Waals surface area contributed by atoms with Crippen LogP contribution in [-0.2, 0) is 28.5 Å². The van der Waals surface area contributed by atoms with Crippen LogP contribution in [0.1, 0.15) is 37.5 Å². The molecule has 0 saturated heterocycles. The maximum absolute atomic E-state index is 13.7. The Balaban J connectivity index is 1.75. The van der Waals surface area contributed by atoms with Gasteiger partial charge in [-0.05, 0) is 52.9 Å². The molecule has 0 aliphatic heterocycles. The van der Waals surface area contributed by atoms with E-state index in [2.05, 4.69) is 20.8 Å². The molecule has 0 fully saturated rings. The molecule has 34 heavy (non-hydrogen) atoms. The van der Waals surface area contributed by atoms with Gasteiger partial charge in [-0.25, -0.2) is 12.8 Å². The molecule has 3 aromatic carbocycles. The summed E-state index contributed by atoms with van der Waals surface area (Å²) in [5, 5.41) is 0.383. The summed E-state index contributed by atoms with van der Waals surface area (Å²) in [6.45, 7) is 5.94. The molecule has 4 aromatic rings. The smallest absolute Gasteiger partial charge is 0.243 e. The van der Waals surface area contributed by atoms with Crippen molar-refractivity contribution in [3.63, 3.8) is 0 Å². The first kappa shape index (κ1) is 23.9. The molecule has 0 radical (unpaired) electrons. The van der Waals surface area contributed by atoms with Crippen molar-refractivity contribution in [3.8, 4) is 0 Å². The van der Waals surface area contributed by atoms with E-state index in [1.54, 1.807) is 48.5 Å². The van der Waals surface area contributed by atoms with Gasteiger partial charge in [0.25, 0.3) is 0 Å². The molecule has 0 aliphatic rings. The Bertz CT molecular complexity index is 1470. The van der Waals surface area contributed by atoms with Crippen LogP contribution in [0.5, 0.6) is 0 Å². The molecule has 0 saturated carbocycles. The van der Waals surface area contributed by atoms with Gasteiger partial charge in [-0.3, -0.25) is 4.79 Å². The molecule has 0 aliphatic carbocycles. The maximum atomic E-state index is 13.7. The fraction of sp³-hybridized carbons (Fsp3) is 0.222. The highest BCUT2D eigenvalue weighted by atomic mass is 32.2. The van der Waals surface area contributed by atoms with E-state index in [0.717, 1.165) is 5.56 Å². The van der Waals surface area contributed by atoms with Crippen molar-refractivity contribution in [2.45, 2.75) is 44.2 Å². The molecular weight excluding hydrogens is 453 g/mol. The van der Waals surface area contributed by atoms with Crippen molar-refractivity contribution in [3.05, 3.63) is 112 Å².